The van der Waals surface area contributed by atoms with Crippen molar-refractivity contribution < 1.29 is 4.92 Å². The Morgan fingerprint density at radius 2 is 2.06 bits per heavy atom. The van der Waals surface area contributed by atoms with Gasteiger partial charge in [0.2, 0.25) is 0 Å². The van der Waals surface area contributed by atoms with Gasteiger partial charge >= 0.3 is 0 Å². The maximum atomic E-state index is 10.5. The summed E-state index contributed by atoms with van der Waals surface area (Å²) in [5.41, 5.74) is 0.922. The molecule has 7 heteroatoms. The van der Waals surface area contributed by atoms with E-state index in [2.05, 4.69) is 5.32 Å². The first-order chi connectivity index (χ1) is 8.54. The monoisotopic (exact) mass is 287 g/mol. The summed E-state index contributed by atoms with van der Waals surface area (Å²) in [6, 6.07) is 5.26. The fourth-order valence-electron chi connectivity index (χ4n) is 1.87. The van der Waals surface area contributed by atoms with Crippen LogP contribution in [0.2, 0.25) is 10.0 Å². The minimum Gasteiger partial charge on any atom is -0.365 e. The molecule has 1 aromatic carbocycles. The fraction of sp³-hybridized carbons (Fsp3) is 0.273. The normalized spacial score (nSPS) is 17.0. The number of nitrogens with zero attached hydrogens (tertiary/aromatic N) is 2. The Hall–Kier alpha value is -1.46. The minimum absolute atomic E-state index is 0.467. The molecule has 0 aromatic heterocycles. The molecule has 1 aliphatic heterocycles. The van der Waals surface area contributed by atoms with Crippen LogP contribution in [-0.4, -0.2) is 22.9 Å². The number of nitrogens with one attached hydrogen (secondary N) is 1. The smallest absolute Gasteiger partial charge is 0.274 e. The van der Waals surface area contributed by atoms with Crippen LogP contribution in [-0.2, 0) is 6.54 Å². The summed E-state index contributed by atoms with van der Waals surface area (Å²) in [4.78, 5) is 11.9. The molecular weight excluding hydrogens is 277 g/mol. The number of rotatable bonds is 3. The van der Waals surface area contributed by atoms with E-state index in [4.69, 9.17) is 23.2 Å². The number of hydrogen-bond donors (Lipinski definition) is 1. The third kappa shape index (κ3) is 3.27. The van der Waals surface area contributed by atoms with E-state index < -0.39 is 4.92 Å². The molecule has 0 amide bonds. The van der Waals surface area contributed by atoms with Crippen molar-refractivity contribution in [3.8, 4) is 0 Å². The van der Waals surface area contributed by atoms with Crippen LogP contribution in [0.3, 0.4) is 0 Å². The van der Waals surface area contributed by atoms with Gasteiger partial charge < -0.3 is 10.2 Å². The number of hydrogen-bond acceptors (Lipinski definition) is 4. The minimum atomic E-state index is -0.467. The van der Waals surface area contributed by atoms with Gasteiger partial charge in [-0.15, -0.1) is 0 Å². The van der Waals surface area contributed by atoms with Gasteiger partial charge in [-0.25, -0.2) is 0 Å². The molecule has 96 valence electrons. The summed E-state index contributed by atoms with van der Waals surface area (Å²) in [6.45, 7) is 1.94. The molecule has 0 spiro atoms. The summed E-state index contributed by atoms with van der Waals surface area (Å²) >= 11 is 11.8. The van der Waals surface area contributed by atoms with Gasteiger partial charge in [0.15, 0.2) is 5.82 Å². The molecule has 1 N–H and O–H groups in total. The van der Waals surface area contributed by atoms with E-state index in [0.717, 1.165) is 11.8 Å². The Morgan fingerprint density at radius 1 is 1.39 bits per heavy atom. The van der Waals surface area contributed by atoms with Crippen molar-refractivity contribution in [2.45, 2.75) is 6.54 Å². The quantitative estimate of drug-likeness (QED) is 0.685. The molecule has 1 aromatic rings. The summed E-state index contributed by atoms with van der Waals surface area (Å²) in [5.74, 6) is 0.510. The van der Waals surface area contributed by atoms with Crippen LogP contribution in [0.1, 0.15) is 5.56 Å². The fourth-order valence-corrected chi connectivity index (χ4v) is 2.44. The molecule has 0 saturated carbocycles. The lowest BCUT2D eigenvalue weighted by atomic mass is 10.2. The lowest BCUT2D eigenvalue weighted by Gasteiger charge is -2.17. The molecule has 0 unspecified atom stereocenters. The highest BCUT2D eigenvalue weighted by atomic mass is 35.5. The van der Waals surface area contributed by atoms with Gasteiger partial charge in [-0.3, -0.25) is 10.1 Å². The van der Waals surface area contributed by atoms with Crippen molar-refractivity contribution in [2.24, 2.45) is 0 Å². The molecule has 18 heavy (non-hydrogen) atoms. The van der Waals surface area contributed by atoms with Gasteiger partial charge in [-0.05, 0) is 23.8 Å². The average molecular weight is 288 g/mol. The standard InChI is InChI=1S/C11H11Cl2N3O2/c12-9-3-8(4-10(13)5-9)6-15-2-1-14-11(15)7-16(17)18/h3-5,7,14H,1-2,6H2/b11-7+. The first-order valence-corrected chi connectivity index (χ1v) is 6.09. The molecule has 1 fully saturated rings. The molecule has 0 atom stereocenters. The van der Waals surface area contributed by atoms with Gasteiger partial charge in [0.25, 0.3) is 6.20 Å². The molecule has 2 rings (SSSR count). The second kappa shape index (κ2) is 5.46. The van der Waals surface area contributed by atoms with Crippen LogP contribution in [0.5, 0.6) is 0 Å². The van der Waals surface area contributed by atoms with Gasteiger partial charge in [-0.2, -0.15) is 0 Å². The Morgan fingerprint density at radius 3 is 2.67 bits per heavy atom. The van der Waals surface area contributed by atoms with Crippen molar-refractivity contribution >= 4 is 23.2 Å². The van der Waals surface area contributed by atoms with Crippen LogP contribution in [0.25, 0.3) is 0 Å². The van der Waals surface area contributed by atoms with Crippen LogP contribution >= 0.6 is 23.2 Å². The molecule has 1 aliphatic rings. The Bertz CT molecular complexity index is 485. The van der Waals surface area contributed by atoms with Crippen molar-refractivity contribution in [1.29, 1.82) is 0 Å². The summed E-state index contributed by atoms with van der Waals surface area (Å²) in [5, 5.41) is 14.6. The van der Waals surface area contributed by atoms with Gasteiger partial charge in [0, 0.05) is 29.7 Å². The molecule has 0 aliphatic carbocycles. The van der Waals surface area contributed by atoms with Gasteiger partial charge in [0.1, 0.15) is 0 Å². The highest BCUT2D eigenvalue weighted by molar-refractivity contribution is 6.34. The second-order valence-electron chi connectivity index (χ2n) is 3.93. The highest BCUT2D eigenvalue weighted by Crippen LogP contribution is 2.21. The Balaban J connectivity index is 2.15. The van der Waals surface area contributed by atoms with E-state index in [-0.39, 0.29) is 0 Å². The summed E-state index contributed by atoms with van der Waals surface area (Å²) in [7, 11) is 0. The van der Waals surface area contributed by atoms with Crippen LogP contribution < -0.4 is 5.32 Å². The molecule has 1 heterocycles. The molecule has 0 radical (unpaired) electrons. The third-order valence-corrected chi connectivity index (χ3v) is 2.99. The van der Waals surface area contributed by atoms with Crippen LogP contribution in [0.4, 0.5) is 0 Å². The highest BCUT2D eigenvalue weighted by Gasteiger charge is 2.19. The van der Waals surface area contributed by atoms with Crippen LogP contribution in [0.15, 0.2) is 30.2 Å². The van der Waals surface area contributed by atoms with E-state index >= 15 is 0 Å². The Kier molecular flexibility index (Phi) is 3.93. The zero-order chi connectivity index (χ0) is 13.1. The van der Waals surface area contributed by atoms with Crippen molar-refractivity contribution in [2.75, 3.05) is 13.1 Å². The molecule has 5 nitrogen and oxygen atoms in total. The number of halogens is 2. The Labute approximate surface area is 114 Å². The predicted octanol–water partition coefficient (Wildman–Crippen LogP) is 2.47. The number of benzene rings is 1. The zero-order valence-electron chi connectivity index (χ0n) is 9.40. The van der Waals surface area contributed by atoms with Gasteiger partial charge in [0.05, 0.1) is 4.92 Å². The molecule has 1 saturated heterocycles. The summed E-state index contributed by atoms with van der Waals surface area (Å²) in [6.07, 6.45) is 0.971. The largest absolute Gasteiger partial charge is 0.365 e. The lowest BCUT2D eigenvalue weighted by molar-refractivity contribution is -0.404. The first kappa shape index (κ1) is 13.0. The topological polar surface area (TPSA) is 58.4 Å². The van der Waals surface area contributed by atoms with Crippen molar-refractivity contribution in [3.63, 3.8) is 0 Å². The first-order valence-electron chi connectivity index (χ1n) is 5.34. The molecule has 0 bridgehead atoms. The van der Waals surface area contributed by atoms with Gasteiger partial charge in [-0.1, -0.05) is 23.2 Å². The van der Waals surface area contributed by atoms with E-state index in [9.17, 15) is 10.1 Å². The van der Waals surface area contributed by atoms with Crippen molar-refractivity contribution in [1.82, 2.24) is 10.2 Å². The van der Waals surface area contributed by atoms with Crippen LogP contribution in [0, 0.1) is 10.1 Å². The van der Waals surface area contributed by atoms with E-state index in [0.29, 0.717) is 35.5 Å². The lowest BCUT2D eigenvalue weighted by Crippen LogP contribution is -2.20. The SMILES string of the molecule is O=[N+]([O-])/C=C1\NCCN1Cc1cc(Cl)cc(Cl)c1. The number of nitro groups is 1. The van der Waals surface area contributed by atoms with E-state index in [1.165, 1.54) is 0 Å². The summed E-state index contributed by atoms with van der Waals surface area (Å²) < 4.78 is 0. The van der Waals surface area contributed by atoms with E-state index in [1.807, 2.05) is 4.90 Å². The molecular formula is C11H11Cl2N3O2. The maximum Gasteiger partial charge on any atom is 0.274 e. The van der Waals surface area contributed by atoms with Crippen molar-refractivity contribution in [3.05, 3.63) is 55.9 Å². The zero-order valence-corrected chi connectivity index (χ0v) is 10.9. The third-order valence-electron chi connectivity index (χ3n) is 2.55. The maximum absolute atomic E-state index is 10.5. The average Bonchev–Trinajstić information content (AvgIpc) is 2.63. The van der Waals surface area contributed by atoms with E-state index in [1.54, 1.807) is 18.2 Å². The second-order valence-corrected chi connectivity index (χ2v) is 4.80. The predicted molar refractivity (Wildman–Crippen MR) is 70.0 cm³/mol.